The summed E-state index contributed by atoms with van der Waals surface area (Å²) < 4.78 is 3.65. The SMILES string of the molecule is Cn1cc(-c2nnc(SCC(=O)NCc3ccccc3Cl)n2C)c(-c2ccccc2)n1. The van der Waals surface area contributed by atoms with Crippen LogP contribution in [0.4, 0.5) is 0 Å². The van der Waals surface area contributed by atoms with Crippen molar-refractivity contribution >= 4 is 29.3 Å². The summed E-state index contributed by atoms with van der Waals surface area (Å²) in [4.78, 5) is 12.3. The van der Waals surface area contributed by atoms with E-state index in [1.54, 1.807) is 10.7 Å². The lowest BCUT2D eigenvalue weighted by atomic mass is 10.1. The molecule has 0 atom stereocenters. The number of amides is 1. The summed E-state index contributed by atoms with van der Waals surface area (Å²) >= 11 is 7.47. The van der Waals surface area contributed by atoms with Crippen molar-refractivity contribution in [2.24, 2.45) is 14.1 Å². The van der Waals surface area contributed by atoms with Gasteiger partial charge in [0.15, 0.2) is 11.0 Å². The molecule has 0 aliphatic heterocycles. The second kappa shape index (κ2) is 9.36. The fourth-order valence-corrected chi connectivity index (χ4v) is 4.10. The number of nitrogens with zero attached hydrogens (tertiary/aromatic N) is 5. The second-order valence-corrected chi connectivity index (χ2v) is 8.30. The van der Waals surface area contributed by atoms with Crippen LogP contribution >= 0.6 is 23.4 Å². The van der Waals surface area contributed by atoms with Crippen molar-refractivity contribution in [3.05, 3.63) is 71.4 Å². The van der Waals surface area contributed by atoms with Crippen LogP contribution in [0.15, 0.2) is 66.0 Å². The summed E-state index contributed by atoms with van der Waals surface area (Å²) in [7, 11) is 3.77. The van der Waals surface area contributed by atoms with E-state index in [4.69, 9.17) is 11.6 Å². The Balaban J connectivity index is 1.45. The highest BCUT2D eigenvalue weighted by atomic mass is 35.5. The van der Waals surface area contributed by atoms with Crippen LogP contribution in [0.1, 0.15) is 5.56 Å². The molecule has 1 N–H and O–H groups in total. The summed E-state index contributed by atoms with van der Waals surface area (Å²) in [6, 6.07) is 17.4. The monoisotopic (exact) mass is 452 g/mol. The molecule has 0 spiro atoms. The predicted octanol–water partition coefficient (Wildman–Crippen LogP) is 3.94. The zero-order valence-corrected chi connectivity index (χ0v) is 18.7. The Morgan fingerprint density at radius 2 is 1.81 bits per heavy atom. The number of aromatic nitrogens is 5. The molecule has 9 heteroatoms. The Labute approximate surface area is 189 Å². The molecule has 2 aromatic heterocycles. The number of rotatable bonds is 7. The molecule has 0 saturated carbocycles. The molecule has 4 rings (SSSR count). The van der Waals surface area contributed by atoms with Crippen LogP contribution in [0.3, 0.4) is 0 Å². The Morgan fingerprint density at radius 1 is 1.06 bits per heavy atom. The Kier molecular flexibility index (Phi) is 6.39. The van der Waals surface area contributed by atoms with Crippen LogP contribution in [-0.4, -0.2) is 36.2 Å². The topological polar surface area (TPSA) is 77.6 Å². The first kappa shape index (κ1) is 21.1. The number of hydrogen-bond donors (Lipinski definition) is 1. The normalized spacial score (nSPS) is 10.9. The van der Waals surface area contributed by atoms with Crippen molar-refractivity contribution in [3.63, 3.8) is 0 Å². The van der Waals surface area contributed by atoms with E-state index in [0.717, 1.165) is 22.4 Å². The largest absolute Gasteiger partial charge is 0.351 e. The molecule has 158 valence electrons. The molecule has 31 heavy (non-hydrogen) atoms. The lowest BCUT2D eigenvalue weighted by molar-refractivity contribution is -0.118. The third-order valence-electron chi connectivity index (χ3n) is 4.72. The summed E-state index contributed by atoms with van der Waals surface area (Å²) in [5.41, 5.74) is 3.62. The first-order chi connectivity index (χ1) is 15.0. The van der Waals surface area contributed by atoms with Crippen LogP contribution in [0.2, 0.25) is 5.02 Å². The standard InChI is InChI=1S/C22H21ClN6OS/c1-28-13-17(20(27-28)15-8-4-3-5-9-15)21-25-26-22(29(21)2)31-14-19(30)24-12-16-10-6-7-11-18(16)23/h3-11,13H,12,14H2,1-2H3,(H,24,30). The molecule has 0 fully saturated rings. The minimum Gasteiger partial charge on any atom is -0.351 e. The van der Waals surface area contributed by atoms with Crippen molar-refractivity contribution in [3.8, 4) is 22.6 Å². The maximum absolute atomic E-state index is 12.3. The van der Waals surface area contributed by atoms with Crippen molar-refractivity contribution in [1.29, 1.82) is 0 Å². The molecule has 4 aromatic rings. The van der Waals surface area contributed by atoms with Crippen molar-refractivity contribution in [2.75, 3.05) is 5.75 Å². The van der Waals surface area contributed by atoms with Gasteiger partial charge in [0.1, 0.15) is 5.69 Å². The molecular weight excluding hydrogens is 432 g/mol. The van der Waals surface area contributed by atoms with Gasteiger partial charge < -0.3 is 9.88 Å². The van der Waals surface area contributed by atoms with Crippen LogP contribution in [0, 0.1) is 0 Å². The van der Waals surface area contributed by atoms with Gasteiger partial charge in [0.25, 0.3) is 0 Å². The van der Waals surface area contributed by atoms with Gasteiger partial charge in [-0.25, -0.2) is 0 Å². The van der Waals surface area contributed by atoms with E-state index >= 15 is 0 Å². The highest BCUT2D eigenvalue weighted by molar-refractivity contribution is 7.99. The van der Waals surface area contributed by atoms with Crippen molar-refractivity contribution < 1.29 is 4.79 Å². The van der Waals surface area contributed by atoms with E-state index in [-0.39, 0.29) is 11.7 Å². The van der Waals surface area contributed by atoms with Gasteiger partial charge in [-0.15, -0.1) is 10.2 Å². The van der Waals surface area contributed by atoms with E-state index in [1.807, 2.05) is 73.4 Å². The minimum atomic E-state index is -0.0965. The highest BCUT2D eigenvalue weighted by Crippen LogP contribution is 2.31. The quantitative estimate of drug-likeness (QED) is 0.430. The van der Waals surface area contributed by atoms with E-state index in [1.165, 1.54) is 11.8 Å². The first-order valence-electron chi connectivity index (χ1n) is 9.64. The fourth-order valence-electron chi connectivity index (χ4n) is 3.15. The first-order valence-corrected chi connectivity index (χ1v) is 11.0. The Hall–Kier alpha value is -3.10. The summed E-state index contributed by atoms with van der Waals surface area (Å²) in [5, 5.41) is 17.4. The predicted molar refractivity (Wildman–Crippen MR) is 123 cm³/mol. The second-order valence-electron chi connectivity index (χ2n) is 6.95. The minimum absolute atomic E-state index is 0.0965. The Morgan fingerprint density at radius 3 is 2.58 bits per heavy atom. The van der Waals surface area contributed by atoms with Gasteiger partial charge >= 0.3 is 0 Å². The number of benzene rings is 2. The van der Waals surface area contributed by atoms with Gasteiger partial charge in [-0.2, -0.15) is 5.10 Å². The highest BCUT2D eigenvalue weighted by Gasteiger charge is 2.19. The van der Waals surface area contributed by atoms with Gasteiger partial charge in [-0.05, 0) is 11.6 Å². The number of halogens is 1. The fraction of sp³-hybridized carbons (Fsp3) is 0.182. The summed E-state index contributed by atoms with van der Waals surface area (Å²) in [6.45, 7) is 0.388. The van der Waals surface area contributed by atoms with Gasteiger partial charge in [0, 0.05) is 37.4 Å². The van der Waals surface area contributed by atoms with Gasteiger partial charge in [-0.1, -0.05) is 71.9 Å². The van der Waals surface area contributed by atoms with E-state index in [2.05, 4.69) is 20.6 Å². The van der Waals surface area contributed by atoms with E-state index < -0.39 is 0 Å². The number of aryl methyl sites for hydroxylation is 1. The van der Waals surface area contributed by atoms with Crippen LogP contribution < -0.4 is 5.32 Å². The van der Waals surface area contributed by atoms with Crippen molar-refractivity contribution in [2.45, 2.75) is 11.7 Å². The molecule has 1 amide bonds. The zero-order valence-electron chi connectivity index (χ0n) is 17.1. The number of carbonyl (C=O) groups is 1. The number of nitrogens with one attached hydrogen (secondary N) is 1. The van der Waals surface area contributed by atoms with Gasteiger partial charge in [-0.3, -0.25) is 9.48 Å². The summed E-state index contributed by atoms with van der Waals surface area (Å²) in [5.74, 6) is 0.835. The molecule has 0 saturated heterocycles. The molecule has 2 heterocycles. The Bertz CT molecular complexity index is 1200. The number of carbonyl (C=O) groups excluding carboxylic acids is 1. The van der Waals surface area contributed by atoms with Crippen LogP contribution in [-0.2, 0) is 25.4 Å². The average Bonchev–Trinajstić information content (AvgIpc) is 3.34. The molecular formula is C22H21ClN6OS. The third kappa shape index (κ3) is 4.81. The van der Waals surface area contributed by atoms with E-state index in [9.17, 15) is 4.79 Å². The molecule has 7 nitrogen and oxygen atoms in total. The molecule has 0 aliphatic rings. The third-order valence-corrected chi connectivity index (χ3v) is 6.11. The molecule has 0 bridgehead atoms. The summed E-state index contributed by atoms with van der Waals surface area (Å²) in [6.07, 6.45) is 1.93. The van der Waals surface area contributed by atoms with Crippen LogP contribution in [0.5, 0.6) is 0 Å². The molecule has 0 radical (unpaired) electrons. The molecule has 0 aliphatic carbocycles. The smallest absolute Gasteiger partial charge is 0.230 e. The van der Waals surface area contributed by atoms with Crippen LogP contribution in [0.25, 0.3) is 22.6 Å². The number of thioether (sulfide) groups is 1. The maximum atomic E-state index is 12.3. The lowest BCUT2D eigenvalue weighted by Gasteiger charge is -2.07. The zero-order chi connectivity index (χ0) is 21.8. The van der Waals surface area contributed by atoms with Crippen molar-refractivity contribution in [1.82, 2.24) is 29.9 Å². The molecule has 0 unspecified atom stereocenters. The average molecular weight is 453 g/mol. The molecule has 2 aromatic carbocycles. The van der Waals surface area contributed by atoms with E-state index in [0.29, 0.717) is 22.5 Å². The number of hydrogen-bond acceptors (Lipinski definition) is 5. The van der Waals surface area contributed by atoms with Gasteiger partial charge in [0.05, 0.1) is 11.3 Å². The lowest BCUT2D eigenvalue weighted by Crippen LogP contribution is -2.24. The maximum Gasteiger partial charge on any atom is 0.230 e. The van der Waals surface area contributed by atoms with Gasteiger partial charge in [0.2, 0.25) is 5.91 Å².